The van der Waals surface area contributed by atoms with Crippen molar-refractivity contribution in [3.8, 4) is 16.9 Å². The summed E-state index contributed by atoms with van der Waals surface area (Å²) in [5, 5.41) is 0. The van der Waals surface area contributed by atoms with Crippen LogP contribution >= 0.6 is 23.7 Å². The van der Waals surface area contributed by atoms with Gasteiger partial charge in [-0.2, -0.15) is 0 Å². The van der Waals surface area contributed by atoms with E-state index in [1.54, 1.807) is 0 Å². The van der Waals surface area contributed by atoms with Crippen LogP contribution in [0.3, 0.4) is 0 Å². The first-order chi connectivity index (χ1) is 6.68. The Morgan fingerprint density at radius 1 is 0.857 bits per heavy atom. The molecule has 0 aliphatic carbocycles. The molecule has 1 N–H and O–H groups in total. The van der Waals surface area contributed by atoms with E-state index in [4.69, 9.17) is 0 Å². The first-order valence-corrected chi connectivity index (χ1v) is 8.57. The molecule has 0 atom stereocenters. The number of hydrogen-bond donors (Lipinski definition) is 1. The maximum atomic E-state index is 10.1. The van der Waals surface area contributed by atoms with Crippen LogP contribution in [0.15, 0.2) is 0 Å². The van der Waals surface area contributed by atoms with E-state index in [2.05, 4.69) is 16.9 Å². The Morgan fingerprint density at radius 2 is 1.14 bits per heavy atom. The van der Waals surface area contributed by atoms with Crippen LogP contribution in [0, 0.1) is 16.9 Å². The average Bonchev–Trinajstić information content (AvgIpc) is 2.21. The van der Waals surface area contributed by atoms with Crippen molar-refractivity contribution in [3.05, 3.63) is 0 Å². The van der Waals surface area contributed by atoms with Gasteiger partial charge in [-0.1, -0.05) is 0 Å². The Kier molecular flexibility index (Phi) is 8.64. The van der Waals surface area contributed by atoms with Gasteiger partial charge in [0.1, 0.15) is 0 Å². The van der Waals surface area contributed by atoms with Crippen LogP contribution in [-0.2, 0) is 13.7 Å². The molecule has 0 aromatic rings. The molecule has 14 heavy (non-hydrogen) atoms. The summed E-state index contributed by atoms with van der Waals surface area (Å²) in [6, 6.07) is 0.468. The van der Waals surface area contributed by atoms with Gasteiger partial charge in [0.25, 0.3) is 0 Å². The first-order valence-electron chi connectivity index (χ1n) is 3.56. The zero-order chi connectivity index (χ0) is 10.9. The van der Waals surface area contributed by atoms with Crippen LogP contribution in [0.4, 0.5) is 0 Å². The first kappa shape index (κ1) is 14.2. The van der Waals surface area contributed by atoms with E-state index in [9.17, 15) is 18.5 Å². The van der Waals surface area contributed by atoms with Gasteiger partial charge in [0.05, 0.1) is 0 Å². The predicted molar refractivity (Wildman–Crippen MR) is 56.9 cm³/mol. The molecule has 0 amide bonds. The van der Waals surface area contributed by atoms with Gasteiger partial charge in [-0.05, 0) is 0 Å². The van der Waals surface area contributed by atoms with Crippen molar-refractivity contribution in [1.82, 2.24) is 0 Å². The van der Waals surface area contributed by atoms with Gasteiger partial charge in [-0.25, -0.2) is 0 Å². The number of rotatable bonds is 3. The Hall–Kier alpha value is 0.207. The molecule has 0 fully saturated rings. The van der Waals surface area contributed by atoms with Crippen LogP contribution in [0.25, 0.3) is 0 Å². The van der Waals surface area contributed by atoms with Gasteiger partial charge in [0.2, 0.25) is 0 Å². The SMILES string of the molecule is O=P#CC[Si](O)(CC#P=O)CC#P=O. The summed E-state index contributed by atoms with van der Waals surface area (Å²) >= 11 is 0. The molecule has 0 heterocycles. The molecular formula is C6H7O4P3Si. The molecule has 0 aromatic carbocycles. The summed E-state index contributed by atoms with van der Waals surface area (Å²) in [6.07, 6.45) is 0. The second kappa shape index (κ2) is 8.51. The van der Waals surface area contributed by atoms with Crippen LogP contribution in [-0.4, -0.2) is 13.1 Å². The fraction of sp³-hybridized carbons (Fsp3) is 0.500. The average molecular weight is 264 g/mol. The summed E-state index contributed by atoms with van der Waals surface area (Å²) < 4.78 is 30.4. The fourth-order valence-electron chi connectivity index (χ4n) is 0.726. The van der Waals surface area contributed by atoms with Crippen molar-refractivity contribution in [2.24, 2.45) is 0 Å². The molecule has 0 rings (SSSR count). The van der Waals surface area contributed by atoms with E-state index in [1.165, 1.54) is 0 Å². The second-order valence-corrected chi connectivity index (χ2v) is 7.51. The van der Waals surface area contributed by atoms with Gasteiger partial charge in [-0.15, -0.1) is 0 Å². The summed E-state index contributed by atoms with van der Waals surface area (Å²) in [4.78, 5) is 9.93. The molecule has 4 nitrogen and oxygen atoms in total. The van der Waals surface area contributed by atoms with Gasteiger partial charge >= 0.3 is 85.6 Å². The molecule has 0 unspecified atom stereocenters. The Labute approximate surface area is 86.0 Å². The van der Waals surface area contributed by atoms with Crippen molar-refractivity contribution in [2.75, 3.05) is 0 Å². The van der Waals surface area contributed by atoms with Gasteiger partial charge in [0, 0.05) is 0 Å². The van der Waals surface area contributed by atoms with E-state index in [0.717, 1.165) is 0 Å². The zero-order valence-electron chi connectivity index (χ0n) is 7.13. The third kappa shape index (κ3) is 6.63. The molecular weight excluding hydrogens is 257 g/mol. The summed E-state index contributed by atoms with van der Waals surface area (Å²) in [5.74, 6) is 0. The van der Waals surface area contributed by atoms with Gasteiger partial charge in [0.15, 0.2) is 0 Å². The summed E-state index contributed by atoms with van der Waals surface area (Å²) in [6.45, 7) is 0. The topological polar surface area (TPSA) is 71.4 Å². The van der Waals surface area contributed by atoms with E-state index in [1.807, 2.05) is 0 Å². The maximum absolute atomic E-state index is 10.1. The standard InChI is InChI=1S/C6H7O4P3Si/c7-11-1-4-14(10,5-2-12-8)6-3-13-9/h10H,4-6H2. The van der Waals surface area contributed by atoms with Gasteiger partial charge in [-0.3, -0.25) is 0 Å². The molecule has 0 saturated carbocycles. The third-order valence-corrected chi connectivity index (χ3v) is 5.68. The van der Waals surface area contributed by atoms with Crippen molar-refractivity contribution in [2.45, 2.75) is 18.1 Å². The van der Waals surface area contributed by atoms with Crippen molar-refractivity contribution in [1.29, 1.82) is 0 Å². The minimum absolute atomic E-state index is 0.156. The molecule has 0 bridgehead atoms. The molecule has 74 valence electrons. The van der Waals surface area contributed by atoms with Crippen molar-refractivity contribution < 1.29 is 18.5 Å². The van der Waals surface area contributed by atoms with Crippen molar-refractivity contribution >= 4 is 32.1 Å². The molecule has 0 spiro atoms. The minimum atomic E-state index is -2.77. The Morgan fingerprint density at radius 3 is 1.36 bits per heavy atom. The van der Waals surface area contributed by atoms with Crippen LogP contribution in [0.2, 0.25) is 18.1 Å². The normalized spacial score (nSPS) is 12.6. The van der Waals surface area contributed by atoms with E-state index < -0.39 is 8.32 Å². The van der Waals surface area contributed by atoms with Crippen LogP contribution in [0.1, 0.15) is 0 Å². The zero-order valence-corrected chi connectivity index (χ0v) is 10.8. The quantitative estimate of drug-likeness (QED) is 0.628. The molecule has 0 aliphatic rings. The Balaban J connectivity index is 4.70. The molecule has 0 radical (unpaired) electrons. The number of hydrogen-bond acceptors (Lipinski definition) is 4. The van der Waals surface area contributed by atoms with Gasteiger partial charge < -0.3 is 0 Å². The molecule has 0 saturated heterocycles. The molecule has 0 aromatic heterocycles. The predicted octanol–water partition coefficient (Wildman–Crippen LogP) is 2.68. The van der Waals surface area contributed by atoms with Crippen molar-refractivity contribution in [3.63, 3.8) is 0 Å². The van der Waals surface area contributed by atoms with E-state index in [-0.39, 0.29) is 41.9 Å². The second-order valence-electron chi connectivity index (χ2n) is 2.50. The Bertz CT molecular complexity index is 410. The van der Waals surface area contributed by atoms with Crippen LogP contribution < -0.4 is 0 Å². The fourth-order valence-corrected chi connectivity index (χ4v) is 5.41. The summed E-state index contributed by atoms with van der Waals surface area (Å²) in [5.41, 5.74) is 7.33. The van der Waals surface area contributed by atoms with E-state index >= 15 is 0 Å². The summed E-state index contributed by atoms with van der Waals surface area (Å²) in [7, 11) is -3.59. The molecule has 8 heteroatoms. The van der Waals surface area contributed by atoms with Crippen LogP contribution in [0.5, 0.6) is 0 Å². The third-order valence-electron chi connectivity index (χ3n) is 1.42. The monoisotopic (exact) mass is 264 g/mol. The van der Waals surface area contributed by atoms with E-state index in [0.29, 0.717) is 0 Å². The molecule has 0 aliphatic heterocycles.